The van der Waals surface area contributed by atoms with Crippen molar-refractivity contribution in [2.75, 3.05) is 0 Å². The van der Waals surface area contributed by atoms with Gasteiger partial charge in [-0.25, -0.2) is 4.98 Å². The zero-order valence-corrected chi connectivity index (χ0v) is 24.2. The van der Waals surface area contributed by atoms with Crippen LogP contribution in [0.15, 0.2) is 49.1 Å². The smallest absolute Gasteiger partial charge is 0.0948 e. The first-order valence-corrected chi connectivity index (χ1v) is 15.7. The highest BCUT2D eigenvalue weighted by Crippen LogP contribution is 2.33. The molecular weight excluding hydrogens is 436 g/mol. The number of aromatic nitrogens is 2. The van der Waals surface area contributed by atoms with Gasteiger partial charge in [0.05, 0.1) is 6.33 Å². The van der Waals surface area contributed by atoms with Crippen LogP contribution >= 0.6 is 0 Å². The van der Waals surface area contributed by atoms with Crippen LogP contribution in [0.4, 0.5) is 0 Å². The zero-order chi connectivity index (χ0) is 25.7. The lowest BCUT2D eigenvalue weighted by Crippen LogP contribution is -2.25. The van der Waals surface area contributed by atoms with Gasteiger partial charge in [0.15, 0.2) is 0 Å². The molecule has 2 unspecified atom stereocenters. The van der Waals surface area contributed by atoms with Gasteiger partial charge in [0.25, 0.3) is 0 Å². The van der Waals surface area contributed by atoms with Gasteiger partial charge in [-0.1, -0.05) is 160 Å². The minimum atomic E-state index is 0.522. The lowest BCUT2D eigenvalue weighted by atomic mass is 9.82. The number of unbranched alkanes of at least 4 members (excludes halogenated alkanes) is 16. The maximum absolute atomic E-state index is 4.36. The summed E-state index contributed by atoms with van der Waals surface area (Å²) < 4.78 is 2.37. The van der Waals surface area contributed by atoms with Gasteiger partial charge in [-0.05, 0) is 30.2 Å². The highest BCUT2D eigenvalue weighted by atomic mass is 15.1. The predicted molar refractivity (Wildman–Crippen MR) is 159 cm³/mol. The second kappa shape index (κ2) is 20.5. The quantitative estimate of drug-likeness (QED) is 0.140. The van der Waals surface area contributed by atoms with Gasteiger partial charge in [-0.15, -0.1) is 0 Å². The summed E-state index contributed by atoms with van der Waals surface area (Å²) in [7, 11) is 0. The highest BCUT2D eigenvalue weighted by molar-refractivity contribution is 5.15. The molecule has 0 N–H and O–H groups in total. The Bertz CT molecular complexity index is 706. The molecule has 0 bridgehead atoms. The largest absolute Gasteiger partial charge is 0.334 e. The second-order valence-corrected chi connectivity index (χ2v) is 11.6. The van der Waals surface area contributed by atoms with Crippen molar-refractivity contribution in [3.63, 3.8) is 0 Å². The maximum atomic E-state index is 4.36. The van der Waals surface area contributed by atoms with Crippen molar-refractivity contribution < 1.29 is 0 Å². The third-order valence-electron chi connectivity index (χ3n) is 8.05. The molecule has 2 atom stereocenters. The fourth-order valence-electron chi connectivity index (χ4n) is 6.02. The first kappa shape index (κ1) is 30.7. The standard InChI is InChI=1S/C34H58N2/c1-4-5-6-7-8-9-10-11-12-13-14-15-16-17-18-19-23-26-33(29-32-24-21-20-22-25-32)34(31(2)3)36-28-27-35-30-36/h20-22,24-25,27-28,30-31,33-34H,4-19,23,26,29H2,1-3H3. The number of hydrogen-bond acceptors (Lipinski definition) is 1. The summed E-state index contributed by atoms with van der Waals surface area (Å²) in [5.74, 6) is 1.27. The van der Waals surface area contributed by atoms with Gasteiger partial charge < -0.3 is 4.57 Å². The number of rotatable bonds is 23. The molecule has 0 aliphatic heterocycles. The first-order valence-electron chi connectivity index (χ1n) is 15.7. The summed E-state index contributed by atoms with van der Waals surface area (Å²) in [6.07, 6.45) is 33.0. The normalized spacial score (nSPS) is 13.3. The fourth-order valence-corrected chi connectivity index (χ4v) is 6.02. The molecule has 0 fully saturated rings. The van der Waals surface area contributed by atoms with Crippen molar-refractivity contribution in [3.8, 4) is 0 Å². The number of benzene rings is 1. The van der Waals surface area contributed by atoms with Crippen LogP contribution in [0.2, 0.25) is 0 Å². The minimum absolute atomic E-state index is 0.522. The van der Waals surface area contributed by atoms with E-state index in [0.717, 1.165) is 0 Å². The topological polar surface area (TPSA) is 17.8 Å². The van der Waals surface area contributed by atoms with E-state index in [4.69, 9.17) is 0 Å². The van der Waals surface area contributed by atoms with Crippen molar-refractivity contribution >= 4 is 0 Å². The maximum Gasteiger partial charge on any atom is 0.0948 e. The van der Waals surface area contributed by atoms with E-state index in [1.54, 1.807) is 0 Å². The average molecular weight is 495 g/mol. The first-order chi connectivity index (χ1) is 17.7. The molecular formula is C34H58N2. The van der Waals surface area contributed by atoms with Crippen LogP contribution in [0.3, 0.4) is 0 Å². The Balaban J connectivity index is 1.55. The number of nitrogens with zero attached hydrogens (tertiary/aromatic N) is 2. The highest BCUT2D eigenvalue weighted by Gasteiger charge is 2.25. The van der Waals surface area contributed by atoms with Gasteiger partial charge in [-0.3, -0.25) is 0 Å². The fraction of sp³-hybridized carbons (Fsp3) is 0.735. The molecule has 0 radical (unpaired) electrons. The molecule has 1 aromatic carbocycles. The van der Waals surface area contributed by atoms with E-state index in [2.05, 4.69) is 66.9 Å². The van der Waals surface area contributed by atoms with Gasteiger partial charge in [0.2, 0.25) is 0 Å². The van der Waals surface area contributed by atoms with E-state index >= 15 is 0 Å². The van der Waals surface area contributed by atoms with Gasteiger partial charge in [0, 0.05) is 18.4 Å². The van der Waals surface area contributed by atoms with Gasteiger partial charge >= 0.3 is 0 Å². The zero-order valence-electron chi connectivity index (χ0n) is 24.2. The summed E-state index contributed by atoms with van der Waals surface area (Å²) in [6.45, 7) is 7.05. The van der Waals surface area contributed by atoms with Crippen LogP contribution in [-0.2, 0) is 6.42 Å². The lowest BCUT2D eigenvalue weighted by Gasteiger charge is -2.32. The molecule has 0 amide bonds. The van der Waals surface area contributed by atoms with Crippen LogP contribution in [0.1, 0.15) is 148 Å². The Morgan fingerprint density at radius 3 is 1.61 bits per heavy atom. The van der Waals surface area contributed by atoms with E-state index < -0.39 is 0 Å². The number of hydrogen-bond donors (Lipinski definition) is 0. The Morgan fingerprint density at radius 2 is 1.17 bits per heavy atom. The van der Waals surface area contributed by atoms with Crippen molar-refractivity contribution in [2.45, 2.75) is 149 Å². The average Bonchev–Trinajstić information content (AvgIpc) is 3.40. The monoisotopic (exact) mass is 494 g/mol. The molecule has 2 aromatic rings. The summed E-state index contributed by atoms with van der Waals surface area (Å²) in [4.78, 5) is 4.36. The molecule has 36 heavy (non-hydrogen) atoms. The summed E-state index contributed by atoms with van der Waals surface area (Å²) in [6, 6.07) is 11.6. The molecule has 0 saturated heterocycles. The molecule has 1 heterocycles. The van der Waals surface area contributed by atoms with Crippen LogP contribution < -0.4 is 0 Å². The van der Waals surface area contributed by atoms with E-state index in [1.807, 2.05) is 12.5 Å². The summed E-state index contributed by atoms with van der Waals surface area (Å²) in [5.41, 5.74) is 1.47. The summed E-state index contributed by atoms with van der Waals surface area (Å²) in [5, 5.41) is 0. The van der Waals surface area contributed by atoms with Gasteiger partial charge in [0.1, 0.15) is 0 Å². The summed E-state index contributed by atoms with van der Waals surface area (Å²) >= 11 is 0. The Morgan fingerprint density at radius 1 is 0.667 bits per heavy atom. The van der Waals surface area contributed by atoms with Crippen LogP contribution in [-0.4, -0.2) is 9.55 Å². The van der Waals surface area contributed by atoms with Crippen molar-refractivity contribution in [1.82, 2.24) is 9.55 Å². The molecule has 0 aliphatic rings. The number of imidazole rings is 1. The predicted octanol–water partition coefficient (Wildman–Crippen LogP) is 11.0. The van der Waals surface area contributed by atoms with E-state index in [0.29, 0.717) is 17.9 Å². The van der Waals surface area contributed by atoms with E-state index in [9.17, 15) is 0 Å². The lowest BCUT2D eigenvalue weighted by molar-refractivity contribution is 0.234. The molecule has 2 heteroatoms. The van der Waals surface area contributed by atoms with Crippen LogP contribution in [0.5, 0.6) is 0 Å². The Hall–Kier alpha value is -1.57. The van der Waals surface area contributed by atoms with Crippen LogP contribution in [0.25, 0.3) is 0 Å². The molecule has 2 nitrogen and oxygen atoms in total. The Labute approximate surface area is 224 Å². The van der Waals surface area contributed by atoms with E-state index in [-0.39, 0.29) is 0 Å². The minimum Gasteiger partial charge on any atom is -0.334 e. The molecule has 1 aromatic heterocycles. The SMILES string of the molecule is CCCCCCCCCCCCCCCCCCCC(Cc1ccccc1)C(C(C)C)n1ccnc1. The van der Waals surface area contributed by atoms with Crippen molar-refractivity contribution in [3.05, 3.63) is 54.6 Å². The van der Waals surface area contributed by atoms with Gasteiger partial charge in [-0.2, -0.15) is 0 Å². The van der Waals surface area contributed by atoms with E-state index in [1.165, 1.54) is 128 Å². The Kier molecular flexibility index (Phi) is 17.4. The molecule has 2 rings (SSSR count). The van der Waals surface area contributed by atoms with Crippen molar-refractivity contribution in [2.24, 2.45) is 11.8 Å². The third kappa shape index (κ3) is 13.7. The molecule has 0 aliphatic carbocycles. The molecule has 204 valence electrons. The third-order valence-corrected chi connectivity index (χ3v) is 8.05. The second-order valence-electron chi connectivity index (χ2n) is 11.6. The molecule has 0 spiro atoms. The van der Waals surface area contributed by atoms with Crippen LogP contribution in [0, 0.1) is 11.8 Å². The molecule has 0 saturated carbocycles. The van der Waals surface area contributed by atoms with Crippen molar-refractivity contribution in [1.29, 1.82) is 0 Å².